The van der Waals surface area contributed by atoms with Crippen LogP contribution in [0.25, 0.3) is 0 Å². The maximum atomic E-state index is 12.7. The lowest BCUT2D eigenvalue weighted by atomic mass is 10.1. The van der Waals surface area contributed by atoms with Crippen LogP contribution in [0.15, 0.2) is 42.5 Å². The molecule has 1 heterocycles. The lowest BCUT2D eigenvalue weighted by molar-refractivity contribution is 0.0628. The fourth-order valence-electron chi connectivity index (χ4n) is 3.22. The molecular weight excluding hydrogens is 369 g/mol. The maximum absolute atomic E-state index is 12.7. The molecule has 1 aliphatic rings. The van der Waals surface area contributed by atoms with Gasteiger partial charge in [0.05, 0.1) is 0 Å². The number of nitrogen functional groups attached to an aromatic ring is 1. The molecule has 0 bridgehead atoms. The molecule has 4 nitrogen and oxygen atoms in total. The summed E-state index contributed by atoms with van der Waals surface area (Å²) in [5.74, 6) is 0.0926. The third-order valence-electron chi connectivity index (χ3n) is 4.64. The van der Waals surface area contributed by atoms with Crippen LogP contribution >= 0.6 is 24.8 Å². The van der Waals surface area contributed by atoms with Gasteiger partial charge in [0.1, 0.15) is 0 Å². The SMILES string of the molecule is Cc1cccc(CN2CCN(C(=O)c3cc(N)ccc3C)CC2)c1.Cl.Cl. The van der Waals surface area contributed by atoms with Crippen LogP contribution in [-0.4, -0.2) is 41.9 Å². The minimum Gasteiger partial charge on any atom is -0.399 e. The predicted molar refractivity (Wildman–Crippen MR) is 112 cm³/mol. The zero-order valence-corrected chi connectivity index (χ0v) is 16.9. The van der Waals surface area contributed by atoms with E-state index in [-0.39, 0.29) is 30.7 Å². The zero-order chi connectivity index (χ0) is 17.1. The largest absolute Gasteiger partial charge is 0.399 e. The van der Waals surface area contributed by atoms with Crippen LogP contribution in [0.5, 0.6) is 0 Å². The summed E-state index contributed by atoms with van der Waals surface area (Å²) < 4.78 is 0. The van der Waals surface area contributed by atoms with Crippen molar-refractivity contribution >= 4 is 36.4 Å². The predicted octanol–water partition coefficient (Wildman–Crippen LogP) is 3.69. The first-order valence-electron chi connectivity index (χ1n) is 8.46. The summed E-state index contributed by atoms with van der Waals surface area (Å²) >= 11 is 0. The van der Waals surface area contributed by atoms with E-state index in [1.165, 1.54) is 11.1 Å². The van der Waals surface area contributed by atoms with Gasteiger partial charge in [-0.15, -0.1) is 24.8 Å². The van der Waals surface area contributed by atoms with Gasteiger partial charge in [0, 0.05) is 44.0 Å². The Hall–Kier alpha value is -1.75. The molecule has 0 atom stereocenters. The number of rotatable bonds is 3. The summed E-state index contributed by atoms with van der Waals surface area (Å²) in [6.45, 7) is 8.36. The Labute approximate surface area is 168 Å². The highest BCUT2D eigenvalue weighted by Crippen LogP contribution is 2.17. The van der Waals surface area contributed by atoms with Crippen molar-refractivity contribution in [3.63, 3.8) is 0 Å². The van der Waals surface area contributed by atoms with Gasteiger partial charge in [-0.25, -0.2) is 0 Å². The van der Waals surface area contributed by atoms with E-state index < -0.39 is 0 Å². The van der Waals surface area contributed by atoms with Crippen LogP contribution in [0.2, 0.25) is 0 Å². The molecule has 2 aromatic rings. The fraction of sp³-hybridized carbons (Fsp3) is 0.350. The van der Waals surface area contributed by atoms with Gasteiger partial charge in [0.15, 0.2) is 0 Å². The Kier molecular flexibility index (Phi) is 8.41. The van der Waals surface area contributed by atoms with E-state index in [1.807, 2.05) is 24.0 Å². The number of amides is 1. The number of nitrogens with zero attached hydrogens (tertiary/aromatic N) is 2. The molecule has 1 fully saturated rings. The van der Waals surface area contributed by atoms with Gasteiger partial charge in [-0.3, -0.25) is 9.69 Å². The van der Waals surface area contributed by atoms with E-state index in [4.69, 9.17) is 5.73 Å². The Morgan fingerprint density at radius 3 is 2.35 bits per heavy atom. The number of halogens is 2. The lowest BCUT2D eigenvalue weighted by Gasteiger charge is -2.35. The van der Waals surface area contributed by atoms with Gasteiger partial charge in [-0.2, -0.15) is 0 Å². The summed E-state index contributed by atoms with van der Waals surface area (Å²) in [5.41, 5.74) is 10.8. The maximum Gasteiger partial charge on any atom is 0.254 e. The highest BCUT2D eigenvalue weighted by atomic mass is 35.5. The second-order valence-electron chi connectivity index (χ2n) is 6.63. The molecule has 1 amide bonds. The fourth-order valence-corrected chi connectivity index (χ4v) is 3.22. The number of carbonyl (C=O) groups excluding carboxylic acids is 1. The molecule has 0 unspecified atom stereocenters. The number of aryl methyl sites for hydroxylation is 2. The zero-order valence-electron chi connectivity index (χ0n) is 15.3. The summed E-state index contributed by atoms with van der Waals surface area (Å²) in [6.07, 6.45) is 0. The molecule has 0 aliphatic carbocycles. The first-order valence-corrected chi connectivity index (χ1v) is 8.46. The smallest absolute Gasteiger partial charge is 0.254 e. The van der Waals surface area contributed by atoms with Crippen LogP contribution < -0.4 is 5.73 Å². The third-order valence-corrected chi connectivity index (χ3v) is 4.64. The molecule has 2 aromatic carbocycles. The van der Waals surface area contributed by atoms with E-state index in [2.05, 4.69) is 36.1 Å². The van der Waals surface area contributed by atoms with Gasteiger partial charge < -0.3 is 10.6 Å². The number of hydrogen-bond acceptors (Lipinski definition) is 3. The second-order valence-corrected chi connectivity index (χ2v) is 6.63. The van der Waals surface area contributed by atoms with Crippen molar-refractivity contribution in [3.05, 3.63) is 64.7 Å². The molecule has 0 saturated carbocycles. The summed E-state index contributed by atoms with van der Waals surface area (Å²) in [5, 5.41) is 0. The van der Waals surface area contributed by atoms with Gasteiger partial charge in [0.2, 0.25) is 0 Å². The Balaban J connectivity index is 0.00000169. The van der Waals surface area contributed by atoms with E-state index >= 15 is 0 Å². The highest BCUT2D eigenvalue weighted by Gasteiger charge is 2.23. The lowest BCUT2D eigenvalue weighted by Crippen LogP contribution is -2.48. The molecule has 142 valence electrons. The second kappa shape index (κ2) is 9.81. The first kappa shape index (κ1) is 22.3. The van der Waals surface area contributed by atoms with Crippen molar-refractivity contribution in [2.24, 2.45) is 0 Å². The van der Waals surface area contributed by atoms with Gasteiger partial charge in [-0.05, 0) is 37.1 Å². The number of hydrogen-bond donors (Lipinski definition) is 1. The van der Waals surface area contributed by atoms with Crippen molar-refractivity contribution in [1.82, 2.24) is 9.80 Å². The van der Waals surface area contributed by atoms with Crippen molar-refractivity contribution < 1.29 is 4.79 Å². The Morgan fingerprint density at radius 1 is 1.00 bits per heavy atom. The summed E-state index contributed by atoms with van der Waals surface area (Å²) in [6, 6.07) is 14.2. The topological polar surface area (TPSA) is 49.6 Å². The van der Waals surface area contributed by atoms with Gasteiger partial charge in [-0.1, -0.05) is 35.9 Å². The van der Waals surface area contributed by atoms with Crippen LogP contribution in [0.1, 0.15) is 27.0 Å². The van der Waals surface area contributed by atoms with E-state index in [1.54, 1.807) is 6.07 Å². The quantitative estimate of drug-likeness (QED) is 0.806. The monoisotopic (exact) mass is 395 g/mol. The molecule has 0 aromatic heterocycles. The number of piperazine rings is 1. The molecular formula is C20H27Cl2N3O. The van der Waals surface area contributed by atoms with Crippen LogP contribution in [0.4, 0.5) is 5.69 Å². The molecule has 0 spiro atoms. The van der Waals surface area contributed by atoms with E-state index in [9.17, 15) is 4.79 Å². The molecule has 0 radical (unpaired) electrons. The molecule has 3 rings (SSSR count). The van der Waals surface area contributed by atoms with Crippen LogP contribution in [0, 0.1) is 13.8 Å². The number of benzene rings is 2. The normalized spacial score (nSPS) is 14.3. The third kappa shape index (κ3) is 5.37. The highest BCUT2D eigenvalue weighted by molar-refractivity contribution is 5.96. The van der Waals surface area contributed by atoms with Crippen molar-refractivity contribution in [2.45, 2.75) is 20.4 Å². The minimum absolute atomic E-state index is 0. The average Bonchev–Trinajstić information content (AvgIpc) is 2.57. The molecule has 1 saturated heterocycles. The number of nitrogens with two attached hydrogens (primary N) is 1. The molecule has 26 heavy (non-hydrogen) atoms. The van der Waals surface area contributed by atoms with Gasteiger partial charge in [0.25, 0.3) is 5.91 Å². The Bertz CT molecular complexity index is 744. The van der Waals surface area contributed by atoms with Crippen molar-refractivity contribution in [3.8, 4) is 0 Å². The summed E-state index contributed by atoms with van der Waals surface area (Å²) in [4.78, 5) is 17.1. The van der Waals surface area contributed by atoms with Crippen LogP contribution in [0.3, 0.4) is 0 Å². The first-order chi connectivity index (χ1) is 11.5. The van der Waals surface area contributed by atoms with Crippen molar-refractivity contribution in [1.29, 1.82) is 0 Å². The summed E-state index contributed by atoms with van der Waals surface area (Å²) in [7, 11) is 0. The number of carbonyl (C=O) groups is 1. The van der Waals surface area contributed by atoms with E-state index in [0.29, 0.717) is 5.69 Å². The molecule has 1 aliphatic heterocycles. The Morgan fingerprint density at radius 2 is 1.69 bits per heavy atom. The van der Waals surface area contributed by atoms with Crippen molar-refractivity contribution in [2.75, 3.05) is 31.9 Å². The molecule has 6 heteroatoms. The number of anilines is 1. The standard InChI is InChI=1S/C20H25N3O.2ClH/c1-15-4-3-5-17(12-15)14-22-8-10-23(11-9-22)20(24)19-13-18(21)7-6-16(19)2;;/h3-7,12-13H,8-11,14,21H2,1-2H3;2*1H. The van der Waals surface area contributed by atoms with E-state index in [0.717, 1.165) is 43.9 Å². The van der Waals surface area contributed by atoms with Gasteiger partial charge >= 0.3 is 0 Å². The molecule has 2 N–H and O–H groups in total. The van der Waals surface area contributed by atoms with Crippen LogP contribution in [-0.2, 0) is 6.54 Å². The average molecular weight is 396 g/mol. The minimum atomic E-state index is 0.